The van der Waals surface area contributed by atoms with Gasteiger partial charge < -0.3 is 46.2 Å². The maximum absolute atomic E-state index is 12.3. The summed E-state index contributed by atoms with van der Waals surface area (Å²) in [6.45, 7) is 5.45. The zero-order chi connectivity index (χ0) is 40.1. The number of fused-ring (bicyclic) bond motifs is 5. The third kappa shape index (κ3) is 12.5. The number of aliphatic hydroxyl groups is 6. The second kappa shape index (κ2) is 21.1. The molecule has 0 saturated carbocycles. The highest BCUT2D eigenvalue weighted by Crippen LogP contribution is 2.41. The molecule has 10 heteroatoms. The van der Waals surface area contributed by atoms with Crippen LogP contribution in [-0.2, 0) is 17.6 Å². The predicted molar refractivity (Wildman–Crippen MR) is 214 cm³/mol. The molecule has 1 heterocycles. The molecule has 0 radical (unpaired) electrons. The predicted octanol–water partition coefficient (Wildman–Crippen LogP) is 5.01. The zero-order valence-electron chi connectivity index (χ0n) is 32.7. The van der Waals surface area contributed by atoms with E-state index in [4.69, 9.17) is 0 Å². The lowest BCUT2D eigenvalue weighted by atomic mass is 9.72. The molecule has 4 rings (SSSR count). The number of allylic oxidation sites excluding steroid dienone is 2. The molecule has 302 valence electrons. The van der Waals surface area contributed by atoms with Crippen LogP contribution in [0.15, 0.2) is 65.8 Å². The first-order valence-corrected chi connectivity index (χ1v) is 20.1. The number of unbranched alkanes of at least 4 members (excludes halogenated alkanes) is 1. The van der Waals surface area contributed by atoms with Crippen LogP contribution in [0.2, 0.25) is 0 Å². The molecule has 2 aliphatic rings. The van der Waals surface area contributed by atoms with E-state index in [2.05, 4.69) is 36.2 Å². The van der Waals surface area contributed by atoms with Crippen molar-refractivity contribution in [3.8, 4) is 17.6 Å². The summed E-state index contributed by atoms with van der Waals surface area (Å²) in [6, 6.07) is 12.5. The molecule has 10 nitrogen and oxygen atoms in total. The molecular weight excluding hydrogens is 698 g/mol. The monoisotopic (exact) mass is 761 g/mol. The topological polar surface area (TPSA) is 191 Å². The Morgan fingerprint density at radius 3 is 2.42 bits per heavy atom. The van der Waals surface area contributed by atoms with Gasteiger partial charge in [-0.1, -0.05) is 81.0 Å². The zero-order valence-corrected chi connectivity index (χ0v) is 32.7. The number of benzene rings is 2. The minimum atomic E-state index is -1.43. The van der Waals surface area contributed by atoms with Gasteiger partial charge in [-0.25, -0.2) is 0 Å². The van der Waals surface area contributed by atoms with E-state index < -0.39 is 54.6 Å². The van der Waals surface area contributed by atoms with E-state index in [0.717, 1.165) is 52.7 Å². The number of aromatic hydroxyl groups is 1. The van der Waals surface area contributed by atoms with Crippen molar-refractivity contribution in [1.29, 1.82) is 0 Å². The van der Waals surface area contributed by atoms with Crippen LogP contribution in [0.1, 0.15) is 119 Å². The summed E-state index contributed by atoms with van der Waals surface area (Å²) in [5.74, 6) is 5.05. The summed E-state index contributed by atoms with van der Waals surface area (Å²) < 4.78 is 0. The van der Waals surface area contributed by atoms with E-state index in [1.165, 1.54) is 0 Å². The van der Waals surface area contributed by atoms with Gasteiger partial charge in [0.2, 0.25) is 0 Å². The Kier molecular flexibility index (Phi) is 17.0. The van der Waals surface area contributed by atoms with Gasteiger partial charge in [0.05, 0.1) is 42.5 Å². The Morgan fingerprint density at radius 1 is 1.00 bits per heavy atom. The van der Waals surface area contributed by atoms with E-state index in [1.54, 1.807) is 37.3 Å². The molecule has 9 unspecified atom stereocenters. The number of aryl methyl sites for hydroxylation is 2. The van der Waals surface area contributed by atoms with Crippen LogP contribution < -0.4 is 5.32 Å². The Bertz CT molecular complexity index is 1660. The first-order chi connectivity index (χ1) is 26.3. The third-order valence-electron chi connectivity index (χ3n) is 11.4. The van der Waals surface area contributed by atoms with Crippen LogP contribution in [0, 0.1) is 17.8 Å². The van der Waals surface area contributed by atoms with Crippen molar-refractivity contribution in [2.24, 2.45) is 5.92 Å². The molecule has 55 heavy (non-hydrogen) atoms. The van der Waals surface area contributed by atoms with Crippen molar-refractivity contribution in [3.05, 3.63) is 88.0 Å². The quantitative estimate of drug-likeness (QED) is 0.0991. The fourth-order valence-electron chi connectivity index (χ4n) is 8.22. The molecule has 9 N–H and O–H groups in total. The van der Waals surface area contributed by atoms with Crippen molar-refractivity contribution >= 4 is 5.97 Å². The Morgan fingerprint density at radius 2 is 1.75 bits per heavy atom. The number of carboxylic acid groups (broad SMARTS) is 1. The second-order valence-electron chi connectivity index (χ2n) is 15.7. The number of aliphatic hydroxyl groups excluding tert-OH is 5. The Labute approximate surface area is 326 Å². The number of aliphatic carboxylic acids is 1. The summed E-state index contributed by atoms with van der Waals surface area (Å²) in [5, 5.41) is 89.4. The molecule has 0 aromatic heterocycles. The second-order valence-corrected chi connectivity index (χ2v) is 15.7. The lowest BCUT2D eigenvalue weighted by Gasteiger charge is -2.40. The number of rotatable bonds is 17. The smallest absolute Gasteiger partial charge is 0.303 e. The van der Waals surface area contributed by atoms with Gasteiger partial charge in [0.15, 0.2) is 0 Å². The molecule has 9 atom stereocenters. The van der Waals surface area contributed by atoms with Crippen molar-refractivity contribution in [2.75, 3.05) is 13.2 Å². The van der Waals surface area contributed by atoms with E-state index in [-0.39, 0.29) is 43.4 Å². The van der Waals surface area contributed by atoms with Crippen LogP contribution in [0.25, 0.3) is 0 Å². The van der Waals surface area contributed by atoms with Gasteiger partial charge in [0, 0.05) is 24.9 Å². The fraction of sp³-hybridized carbons (Fsp3) is 0.578. The summed E-state index contributed by atoms with van der Waals surface area (Å²) in [5.41, 5.74) is 4.31. The first kappa shape index (κ1) is 44.2. The molecule has 1 aliphatic heterocycles. The largest absolute Gasteiger partial charge is 0.508 e. The highest BCUT2D eigenvalue weighted by Gasteiger charge is 2.38. The average Bonchev–Trinajstić information content (AvgIpc) is 3.16. The molecule has 0 spiro atoms. The fourth-order valence-corrected chi connectivity index (χ4v) is 8.22. The van der Waals surface area contributed by atoms with E-state index in [1.807, 2.05) is 19.1 Å². The van der Waals surface area contributed by atoms with Crippen LogP contribution in [-0.4, -0.2) is 96.0 Å². The molecule has 2 bridgehead atoms. The standard InChI is InChI=1S/C45H63NO9/c1-4-6-10-40(51)41(52)23-17-30-11-12-32-9-7-8-29(5-2)43(32)33-16-22-39(31-13-18-35(48)19-14-31)45(3,55)28-46-44(38(30)26-37(50)27-47)34(25-33)15-20-36(49)21-24-42(53)54/h7-9,13-14,17-19,23,33-34,36-37,39-41,44,46-52,55H,4-6,10-12,15,20-21,24-28H2,1-3H3,(H,53,54). The number of carboxylic acids is 1. The maximum Gasteiger partial charge on any atom is 0.303 e. The van der Waals surface area contributed by atoms with Crippen molar-refractivity contribution in [3.63, 3.8) is 0 Å². The molecule has 2 aromatic rings. The highest BCUT2D eigenvalue weighted by atomic mass is 16.4. The van der Waals surface area contributed by atoms with Gasteiger partial charge in [-0.3, -0.25) is 4.79 Å². The maximum atomic E-state index is 12.3. The molecule has 0 saturated heterocycles. The van der Waals surface area contributed by atoms with E-state index in [9.17, 15) is 45.6 Å². The normalized spacial score (nSPS) is 25.4. The number of hydrogen-bond acceptors (Lipinski definition) is 9. The van der Waals surface area contributed by atoms with E-state index >= 15 is 0 Å². The molecule has 2 aromatic carbocycles. The lowest BCUT2D eigenvalue weighted by molar-refractivity contribution is -0.137. The summed E-state index contributed by atoms with van der Waals surface area (Å²) in [6.07, 6.45) is 4.73. The minimum Gasteiger partial charge on any atom is -0.508 e. The van der Waals surface area contributed by atoms with Gasteiger partial charge >= 0.3 is 5.97 Å². The van der Waals surface area contributed by atoms with Gasteiger partial charge in [-0.05, 0) is 116 Å². The van der Waals surface area contributed by atoms with Crippen molar-refractivity contribution in [2.45, 2.75) is 146 Å². The van der Waals surface area contributed by atoms with Crippen LogP contribution in [0.5, 0.6) is 5.75 Å². The molecule has 1 aliphatic carbocycles. The van der Waals surface area contributed by atoms with Gasteiger partial charge in [-0.2, -0.15) is 0 Å². The lowest BCUT2D eigenvalue weighted by Crippen LogP contribution is -2.50. The first-order valence-electron chi connectivity index (χ1n) is 20.1. The van der Waals surface area contributed by atoms with Crippen LogP contribution in [0.4, 0.5) is 0 Å². The number of carbonyl (C=O) groups is 1. The van der Waals surface area contributed by atoms with Crippen molar-refractivity contribution < 1.29 is 45.6 Å². The SMILES string of the molecule is CCCCC(O)C(O)C=CC1=C(CC(O)CO)C2NCC(C)(O)C(c3ccc(O)cc3)C#CC(CC2CCC(O)CCC(=O)O)c2c(CC)cccc2CC1. The van der Waals surface area contributed by atoms with E-state index in [0.29, 0.717) is 38.5 Å². The molecular formula is C45H63NO9. The van der Waals surface area contributed by atoms with Gasteiger partial charge in [0.25, 0.3) is 0 Å². The van der Waals surface area contributed by atoms with Gasteiger partial charge in [0.1, 0.15) is 5.75 Å². The summed E-state index contributed by atoms with van der Waals surface area (Å²) in [4.78, 5) is 11.4. The van der Waals surface area contributed by atoms with Crippen molar-refractivity contribution in [1.82, 2.24) is 5.32 Å². The molecule has 0 amide bonds. The Hall–Kier alpha value is -3.53. The number of hydrogen-bond donors (Lipinski definition) is 9. The number of phenolic OH excluding ortho intramolecular Hbond substituents is 1. The highest BCUT2D eigenvalue weighted by molar-refractivity contribution is 5.66. The average molecular weight is 762 g/mol. The summed E-state index contributed by atoms with van der Waals surface area (Å²) >= 11 is 0. The Balaban J connectivity index is 1.99. The number of nitrogens with one attached hydrogen (secondary N) is 1. The number of β-amino-alcohol motifs (C(OH)–C–C–N with tert-alkyl or cyclic N) is 1. The van der Waals surface area contributed by atoms with Gasteiger partial charge in [-0.15, -0.1) is 0 Å². The molecule has 0 fully saturated rings. The number of phenols is 1. The summed E-state index contributed by atoms with van der Waals surface area (Å²) in [7, 11) is 0. The minimum absolute atomic E-state index is 0.0749. The van der Waals surface area contributed by atoms with Crippen LogP contribution >= 0.6 is 0 Å². The third-order valence-corrected chi connectivity index (χ3v) is 11.4. The van der Waals surface area contributed by atoms with Crippen LogP contribution in [0.3, 0.4) is 0 Å².